The first-order valence-electron chi connectivity index (χ1n) is 7.10. The number of likely N-dealkylation sites (tertiary alicyclic amines) is 1. The third-order valence-electron chi connectivity index (χ3n) is 4.09. The first kappa shape index (κ1) is 13.6. The monoisotopic (exact) mass is 250 g/mol. The highest BCUT2D eigenvalue weighted by Crippen LogP contribution is 2.30. The van der Waals surface area contributed by atoms with E-state index in [9.17, 15) is 0 Å². The van der Waals surface area contributed by atoms with Crippen LogP contribution in [-0.4, -0.2) is 34.3 Å². The minimum absolute atomic E-state index is 0.348. The van der Waals surface area contributed by atoms with E-state index in [1.807, 2.05) is 11.7 Å². The van der Waals surface area contributed by atoms with Crippen molar-refractivity contribution >= 4 is 0 Å². The molecule has 0 amide bonds. The van der Waals surface area contributed by atoms with Gasteiger partial charge in [0.25, 0.3) is 0 Å². The Morgan fingerprint density at radius 1 is 1.56 bits per heavy atom. The summed E-state index contributed by atoms with van der Waals surface area (Å²) in [6.45, 7) is 7.42. The lowest BCUT2D eigenvalue weighted by Gasteiger charge is -2.26. The zero-order valence-corrected chi connectivity index (χ0v) is 11.9. The van der Waals surface area contributed by atoms with E-state index in [-0.39, 0.29) is 0 Å². The quantitative estimate of drug-likeness (QED) is 0.867. The molecule has 4 nitrogen and oxygen atoms in total. The first-order valence-corrected chi connectivity index (χ1v) is 7.10. The molecule has 2 N–H and O–H groups in total. The van der Waals surface area contributed by atoms with Gasteiger partial charge in [0, 0.05) is 31.9 Å². The molecule has 1 aromatic heterocycles. The molecule has 1 aromatic rings. The summed E-state index contributed by atoms with van der Waals surface area (Å²) in [6, 6.07) is 0.348. The van der Waals surface area contributed by atoms with Crippen LogP contribution in [0.2, 0.25) is 0 Å². The van der Waals surface area contributed by atoms with Crippen molar-refractivity contribution in [2.75, 3.05) is 19.6 Å². The number of hydrogen-bond acceptors (Lipinski definition) is 3. The van der Waals surface area contributed by atoms with Crippen LogP contribution < -0.4 is 5.73 Å². The van der Waals surface area contributed by atoms with Crippen LogP contribution in [0, 0.1) is 12.8 Å². The second kappa shape index (κ2) is 5.85. The smallest absolute Gasteiger partial charge is 0.0641 e. The molecule has 2 unspecified atom stereocenters. The minimum Gasteiger partial charge on any atom is -0.329 e. The molecule has 2 atom stereocenters. The van der Waals surface area contributed by atoms with Gasteiger partial charge in [-0.2, -0.15) is 5.10 Å². The van der Waals surface area contributed by atoms with Crippen LogP contribution in [0.25, 0.3) is 0 Å². The zero-order valence-electron chi connectivity index (χ0n) is 11.9. The maximum atomic E-state index is 6.00. The van der Waals surface area contributed by atoms with Gasteiger partial charge in [-0.05, 0) is 32.2 Å². The SMILES string of the molecule is CCCC1CCN(C(CN)c2cn(C)nc2C)C1. The Balaban J connectivity index is 2.08. The Hall–Kier alpha value is -0.870. The average Bonchev–Trinajstić information content (AvgIpc) is 2.89. The van der Waals surface area contributed by atoms with E-state index in [2.05, 4.69) is 30.0 Å². The largest absolute Gasteiger partial charge is 0.329 e. The predicted octanol–water partition coefficient (Wildman–Crippen LogP) is 1.85. The minimum atomic E-state index is 0.348. The molecule has 0 saturated carbocycles. The van der Waals surface area contributed by atoms with E-state index >= 15 is 0 Å². The summed E-state index contributed by atoms with van der Waals surface area (Å²) < 4.78 is 1.90. The third-order valence-corrected chi connectivity index (χ3v) is 4.09. The molecule has 1 saturated heterocycles. The van der Waals surface area contributed by atoms with Crippen molar-refractivity contribution in [1.82, 2.24) is 14.7 Å². The van der Waals surface area contributed by atoms with Crippen LogP contribution >= 0.6 is 0 Å². The molecule has 1 aliphatic rings. The molecule has 4 heteroatoms. The highest BCUT2D eigenvalue weighted by molar-refractivity contribution is 5.21. The molecule has 0 aromatic carbocycles. The number of nitrogens with two attached hydrogens (primary N) is 1. The van der Waals surface area contributed by atoms with Crippen molar-refractivity contribution in [2.45, 2.75) is 39.2 Å². The van der Waals surface area contributed by atoms with Crippen LogP contribution in [0.15, 0.2) is 6.20 Å². The van der Waals surface area contributed by atoms with E-state index < -0.39 is 0 Å². The lowest BCUT2D eigenvalue weighted by atomic mass is 10.0. The van der Waals surface area contributed by atoms with Crippen LogP contribution in [0.4, 0.5) is 0 Å². The molecular weight excluding hydrogens is 224 g/mol. The van der Waals surface area contributed by atoms with Crippen molar-refractivity contribution in [3.8, 4) is 0 Å². The molecule has 102 valence electrons. The molecule has 0 spiro atoms. The van der Waals surface area contributed by atoms with Gasteiger partial charge in [0.1, 0.15) is 0 Å². The molecule has 0 bridgehead atoms. The van der Waals surface area contributed by atoms with Gasteiger partial charge in [0.2, 0.25) is 0 Å². The summed E-state index contributed by atoms with van der Waals surface area (Å²) in [7, 11) is 1.98. The van der Waals surface area contributed by atoms with Gasteiger partial charge < -0.3 is 5.73 Å². The van der Waals surface area contributed by atoms with Gasteiger partial charge in [-0.25, -0.2) is 0 Å². The fraction of sp³-hybridized carbons (Fsp3) is 0.786. The van der Waals surface area contributed by atoms with Gasteiger partial charge in [-0.15, -0.1) is 0 Å². The number of aromatic nitrogens is 2. The summed E-state index contributed by atoms with van der Waals surface area (Å²) >= 11 is 0. The van der Waals surface area contributed by atoms with Crippen LogP contribution in [0.3, 0.4) is 0 Å². The normalized spacial score (nSPS) is 22.6. The number of aryl methyl sites for hydroxylation is 2. The first-order chi connectivity index (χ1) is 8.65. The van der Waals surface area contributed by atoms with Gasteiger partial charge in [-0.3, -0.25) is 9.58 Å². The van der Waals surface area contributed by atoms with E-state index in [1.165, 1.54) is 37.9 Å². The number of nitrogens with zero attached hydrogens (tertiary/aromatic N) is 3. The lowest BCUT2D eigenvalue weighted by molar-refractivity contribution is 0.239. The Kier molecular flexibility index (Phi) is 4.40. The maximum Gasteiger partial charge on any atom is 0.0641 e. The summed E-state index contributed by atoms with van der Waals surface area (Å²) in [5.41, 5.74) is 8.42. The Labute approximate surface area is 110 Å². The highest BCUT2D eigenvalue weighted by Gasteiger charge is 2.29. The van der Waals surface area contributed by atoms with Crippen LogP contribution in [-0.2, 0) is 7.05 Å². The average molecular weight is 250 g/mol. The second-order valence-electron chi connectivity index (χ2n) is 5.53. The molecule has 2 rings (SSSR count). The van der Waals surface area contributed by atoms with Gasteiger partial charge >= 0.3 is 0 Å². The fourth-order valence-electron chi connectivity index (χ4n) is 3.21. The van der Waals surface area contributed by atoms with E-state index in [1.54, 1.807) is 0 Å². The van der Waals surface area contributed by atoms with Crippen molar-refractivity contribution in [2.24, 2.45) is 18.7 Å². The summed E-state index contributed by atoms with van der Waals surface area (Å²) in [6.07, 6.45) is 6.08. The summed E-state index contributed by atoms with van der Waals surface area (Å²) in [5, 5.41) is 4.44. The Morgan fingerprint density at radius 3 is 2.89 bits per heavy atom. The van der Waals surface area contributed by atoms with Crippen molar-refractivity contribution < 1.29 is 0 Å². The molecule has 18 heavy (non-hydrogen) atoms. The van der Waals surface area contributed by atoms with Crippen molar-refractivity contribution in [1.29, 1.82) is 0 Å². The standard InChI is InChI=1S/C14H26N4/c1-4-5-12-6-7-18(9-12)14(8-15)13-10-17(3)16-11(13)2/h10,12,14H,4-9,15H2,1-3H3. The van der Waals surface area contributed by atoms with Gasteiger partial charge in [-0.1, -0.05) is 13.3 Å². The number of rotatable bonds is 5. The molecule has 0 radical (unpaired) electrons. The Morgan fingerprint density at radius 2 is 2.33 bits per heavy atom. The third kappa shape index (κ3) is 2.75. The molecule has 1 fully saturated rings. The number of hydrogen-bond donors (Lipinski definition) is 1. The van der Waals surface area contributed by atoms with Crippen LogP contribution in [0.5, 0.6) is 0 Å². The van der Waals surface area contributed by atoms with E-state index in [0.717, 1.165) is 11.6 Å². The maximum absolute atomic E-state index is 6.00. The molecule has 1 aliphatic heterocycles. The van der Waals surface area contributed by atoms with Gasteiger partial charge in [0.05, 0.1) is 11.7 Å². The summed E-state index contributed by atoms with van der Waals surface area (Å²) in [5.74, 6) is 0.862. The topological polar surface area (TPSA) is 47.1 Å². The molecule has 0 aliphatic carbocycles. The summed E-state index contributed by atoms with van der Waals surface area (Å²) in [4.78, 5) is 2.55. The van der Waals surface area contributed by atoms with Crippen molar-refractivity contribution in [3.63, 3.8) is 0 Å². The van der Waals surface area contributed by atoms with E-state index in [0.29, 0.717) is 12.6 Å². The van der Waals surface area contributed by atoms with Crippen molar-refractivity contribution in [3.05, 3.63) is 17.5 Å². The highest BCUT2D eigenvalue weighted by atomic mass is 15.3. The fourth-order valence-corrected chi connectivity index (χ4v) is 3.21. The second-order valence-corrected chi connectivity index (χ2v) is 5.53. The Bertz CT molecular complexity index is 385. The van der Waals surface area contributed by atoms with Gasteiger partial charge in [0.15, 0.2) is 0 Å². The zero-order chi connectivity index (χ0) is 13.1. The molecular formula is C14H26N4. The van der Waals surface area contributed by atoms with E-state index in [4.69, 9.17) is 5.73 Å². The molecule has 2 heterocycles. The van der Waals surface area contributed by atoms with Crippen LogP contribution in [0.1, 0.15) is 43.5 Å². The lowest BCUT2D eigenvalue weighted by Crippen LogP contribution is -2.32. The predicted molar refractivity (Wildman–Crippen MR) is 74.3 cm³/mol.